The molecular formula is C13H28N2. The van der Waals surface area contributed by atoms with Gasteiger partial charge in [-0.2, -0.15) is 0 Å². The molecule has 15 heavy (non-hydrogen) atoms. The second-order valence-corrected chi connectivity index (χ2v) is 5.60. The third-order valence-corrected chi connectivity index (χ3v) is 3.21. The van der Waals surface area contributed by atoms with Gasteiger partial charge in [-0.25, -0.2) is 0 Å². The molecule has 2 nitrogen and oxygen atoms in total. The third kappa shape index (κ3) is 5.53. The molecule has 0 saturated heterocycles. The maximum atomic E-state index is 5.63. The molecule has 1 saturated carbocycles. The predicted octanol–water partition coefficient (Wildman–Crippen LogP) is 2.48. The standard InChI is InChI=1S/C13H28N2/c1-11(2)10-15(13-6-7-13)8-4-5-12(3)9-14/h11-13H,4-10,14H2,1-3H3. The second kappa shape index (κ2) is 6.49. The van der Waals surface area contributed by atoms with E-state index in [-0.39, 0.29) is 0 Å². The van der Waals surface area contributed by atoms with E-state index >= 15 is 0 Å². The third-order valence-electron chi connectivity index (χ3n) is 3.21. The topological polar surface area (TPSA) is 29.3 Å². The van der Waals surface area contributed by atoms with E-state index < -0.39 is 0 Å². The second-order valence-electron chi connectivity index (χ2n) is 5.60. The summed E-state index contributed by atoms with van der Waals surface area (Å²) in [6.45, 7) is 10.3. The van der Waals surface area contributed by atoms with Crippen LogP contribution in [0.25, 0.3) is 0 Å². The van der Waals surface area contributed by atoms with Gasteiger partial charge in [0, 0.05) is 12.6 Å². The minimum Gasteiger partial charge on any atom is -0.330 e. The van der Waals surface area contributed by atoms with E-state index in [1.165, 1.54) is 38.8 Å². The zero-order valence-corrected chi connectivity index (χ0v) is 10.7. The fourth-order valence-electron chi connectivity index (χ4n) is 2.09. The highest BCUT2D eigenvalue weighted by molar-refractivity contribution is 4.84. The molecule has 1 fully saturated rings. The van der Waals surface area contributed by atoms with Crippen molar-refractivity contribution in [1.82, 2.24) is 4.90 Å². The van der Waals surface area contributed by atoms with Crippen LogP contribution in [-0.2, 0) is 0 Å². The highest BCUT2D eigenvalue weighted by Gasteiger charge is 2.28. The maximum Gasteiger partial charge on any atom is 0.00965 e. The molecule has 0 aromatic carbocycles. The normalized spacial score (nSPS) is 18.8. The largest absolute Gasteiger partial charge is 0.330 e. The average Bonchev–Trinajstić information content (AvgIpc) is 2.98. The van der Waals surface area contributed by atoms with Gasteiger partial charge >= 0.3 is 0 Å². The molecule has 0 radical (unpaired) electrons. The van der Waals surface area contributed by atoms with Crippen LogP contribution in [0.2, 0.25) is 0 Å². The minimum absolute atomic E-state index is 0.699. The molecule has 1 aliphatic rings. The van der Waals surface area contributed by atoms with Crippen LogP contribution >= 0.6 is 0 Å². The molecule has 1 atom stereocenters. The number of nitrogens with zero attached hydrogens (tertiary/aromatic N) is 1. The summed E-state index contributed by atoms with van der Waals surface area (Å²) in [5.41, 5.74) is 5.63. The minimum atomic E-state index is 0.699. The van der Waals surface area contributed by atoms with Gasteiger partial charge in [-0.15, -0.1) is 0 Å². The van der Waals surface area contributed by atoms with Crippen LogP contribution in [-0.4, -0.2) is 30.6 Å². The van der Waals surface area contributed by atoms with Gasteiger partial charge in [0.25, 0.3) is 0 Å². The van der Waals surface area contributed by atoms with Gasteiger partial charge in [-0.1, -0.05) is 20.8 Å². The summed E-state index contributed by atoms with van der Waals surface area (Å²) in [6.07, 6.45) is 5.47. The van der Waals surface area contributed by atoms with Crippen LogP contribution in [0.15, 0.2) is 0 Å². The van der Waals surface area contributed by atoms with Crippen LogP contribution in [0.3, 0.4) is 0 Å². The van der Waals surface area contributed by atoms with Crippen LogP contribution in [0.1, 0.15) is 46.5 Å². The van der Waals surface area contributed by atoms with Crippen molar-refractivity contribution in [3.63, 3.8) is 0 Å². The van der Waals surface area contributed by atoms with Gasteiger partial charge in [0.1, 0.15) is 0 Å². The maximum absolute atomic E-state index is 5.63. The lowest BCUT2D eigenvalue weighted by molar-refractivity contribution is 0.226. The summed E-state index contributed by atoms with van der Waals surface area (Å²) >= 11 is 0. The molecule has 2 N–H and O–H groups in total. The van der Waals surface area contributed by atoms with E-state index in [9.17, 15) is 0 Å². The Balaban J connectivity index is 2.14. The van der Waals surface area contributed by atoms with Crippen molar-refractivity contribution in [3.8, 4) is 0 Å². The summed E-state index contributed by atoms with van der Waals surface area (Å²) < 4.78 is 0. The first-order chi connectivity index (χ1) is 7.13. The van der Waals surface area contributed by atoms with Gasteiger partial charge in [0.05, 0.1) is 0 Å². The lowest BCUT2D eigenvalue weighted by Gasteiger charge is -2.24. The molecule has 0 spiro atoms. The fraction of sp³-hybridized carbons (Fsp3) is 1.00. The molecule has 0 bridgehead atoms. The van der Waals surface area contributed by atoms with Gasteiger partial charge in [0.2, 0.25) is 0 Å². The van der Waals surface area contributed by atoms with E-state index in [4.69, 9.17) is 5.73 Å². The number of nitrogens with two attached hydrogens (primary N) is 1. The van der Waals surface area contributed by atoms with Gasteiger partial charge < -0.3 is 10.6 Å². The van der Waals surface area contributed by atoms with Crippen molar-refractivity contribution >= 4 is 0 Å². The molecule has 0 aromatic rings. The number of hydrogen-bond acceptors (Lipinski definition) is 2. The Morgan fingerprint density at radius 3 is 2.40 bits per heavy atom. The van der Waals surface area contributed by atoms with Crippen molar-refractivity contribution in [2.24, 2.45) is 17.6 Å². The molecule has 1 aliphatic carbocycles. The highest BCUT2D eigenvalue weighted by atomic mass is 15.2. The predicted molar refractivity (Wildman–Crippen MR) is 66.9 cm³/mol. The van der Waals surface area contributed by atoms with Crippen molar-refractivity contribution in [2.45, 2.75) is 52.5 Å². The first-order valence-corrected chi connectivity index (χ1v) is 6.57. The van der Waals surface area contributed by atoms with E-state index in [1.54, 1.807) is 0 Å². The van der Waals surface area contributed by atoms with E-state index in [0.29, 0.717) is 5.92 Å². The lowest BCUT2D eigenvalue weighted by Crippen LogP contribution is -2.31. The zero-order valence-electron chi connectivity index (χ0n) is 10.7. The smallest absolute Gasteiger partial charge is 0.00965 e. The summed E-state index contributed by atoms with van der Waals surface area (Å²) in [5.74, 6) is 1.50. The van der Waals surface area contributed by atoms with Crippen molar-refractivity contribution < 1.29 is 0 Å². The lowest BCUT2D eigenvalue weighted by atomic mass is 10.1. The molecule has 0 aliphatic heterocycles. The first kappa shape index (κ1) is 13.0. The van der Waals surface area contributed by atoms with Crippen LogP contribution in [0, 0.1) is 11.8 Å². The summed E-state index contributed by atoms with van der Waals surface area (Å²) in [7, 11) is 0. The molecule has 1 unspecified atom stereocenters. The Labute approximate surface area is 95.2 Å². The Morgan fingerprint density at radius 2 is 1.93 bits per heavy atom. The Morgan fingerprint density at radius 1 is 1.27 bits per heavy atom. The molecule has 0 aromatic heterocycles. The molecule has 90 valence electrons. The van der Waals surface area contributed by atoms with E-state index in [0.717, 1.165) is 18.5 Å². The fourth-order valence-corrected chi connectivity index (χ4v) is 2.09. The van der Waals surface area contributed by atoms with Gasteiger partial charge in [-0.05, 0) is 50.6 Å². The van der Waals surface area contributed by atoms with Crippen molar-refractivity contribution in [2.75, 3.05) is 19.6 Å². The van der Waals surface area contributed by atoms with Crippen LogP contribution < -0.4 is 5.73 Å². The molecule has 0 heterocycles. The van der Waals surface area contributed by atoms with Gasteiger partial charge in [0.15, 0.2) is 0 Å². The Hall–Kier alpha value is -0.0800. The van der Waals surface area contributed by atoms with E-state index in [2.05, 4.69) is 25.7 Å². The van der Waals surface area contributed by atoms with Gasteiger partial charge in [-0.3, -0.25) is 0 Å². The highest BCUT2D eigenvalue weighted by Crippen LogP contribution is 2.27. The zero-order chi connectivity index (χ0) is 11.3. The van der Waals surface area contributed by atoms with Crippen LogP contribution in [0.4, 0.5) is 0 Å². The summed E-state index contributed by atoms with van der Waals surface area (Å²) in [4.78, 5) is 2.69. The van der Waals surface area contributed by atoms with Crippen molar-refractivity contribution in [3.05, 3.63) is 0 Å². The SMILES string of the molecule is CC(C)CN(CCCC(C)CN)C1CC1. The molecule has 2 heteroatoms. The number of hydrogen-bond donors (Lipinski definition) is 1. The first-order valence-electron chi connectivity index (χ1n) is 6.57. The number of rotatable bonds is 8. The summed E-state index contributed by atoms with van der Waals surface area (Å²) in [6, 6.07) is 0.917. The van der Waals surface area contributed by atoms with Crippen LogP contribution in [0.5, 0.6) is 0 Å². The Kier molecular flexibility index (Phi) is 5.62. The molecular weight excluding hydrogens is 184 g/mol. The van der Waals surface area contributed by atoms with E-state index in [1.807, 2.05) is 0 Å². The monoisotopic (exact) mass is 212 g/mol. The quantitative estimate of drug-likeness (QED) is 0.670. The van der Waals surface area contributed by atoms with Crippen molar-refractivity contribution in [1.29, 1.82) is 0 Å². The molecule has 1 rings (SSSR count). The average molecular weight is 212 g/mol. The molecule has 0 amide bonds. The Bertz CT molecular complexity index is 164. The summed E-state index contributed by atoms with van der Waals surface area (Å²) in [5, 5.41) is 0.